The molecular formula is C32H29F3N2O3. The number of β-amino-alcohol motifs (C(OH)–C–C–N with tert-alkyl or cyclic N) is 1. The molecule has 4 aromatic carbocycles. The van der Waals surface area contributed by atoms with E-state index in [-0.39, 0.29) is 12.5 Å². The van der Waals surface area contributed by atoms with Gasteiger partial charge in [-0.1, -0.05) is 66.7 Å². The van der Waals surface area contributed by atoms with E-state index in [9.17, 15) is 23.1 Å². The Bertz CT molecular complexity index is 1460. The molecule has 0 radical (unpaired) electrons. The van der Waals surface area contributed by atoms with Crippen LogP contribution in [0.3, 0.4) is 0 Å². The van der Waals surface area contributed by atoms with Crippen LogP contribution in [0.25, 0.3) is 11.1 Å². The fraction of sp³-hybridized carbons (Fsp3) is 0.219. The molecule has 0 fully saturated rings. The van der Waals surface area contributed by atoms with Gasteiger partial charge in [-0.25, -0.2) is 0 Å². The van der Waals surface area contributed by atoms with Gasteiger partial charge in [0.05, 0.1) is 24.9 Å². The smallest absolute Gasteiger partial charge is 0.389 e. The highest BCUT2D eigenvalue weighted by atomic mass is 19.4. The Kier molecular flexibility index (Phi) is 8.30. The number of nitrogens with zero attached hydrogens (tertiary/aromatic N) is 1. The van der Waals surface area contributed by atoms with Gasteiger partial charge >= 0.3 is 6.18 Å². The first kappa shape index (κ1) is 27.6. The lowest BCUT2D eigenvalue weighted by molar-refractivity contribution is -0.137. The number of carbonyl (C=O) groups is 1. The maximum atomic E-state index is 13.2. The first-order valence-corrected chi connectivity index (χ1v) is 13.0. The molecule has 0 bridgehead atoms. The number of halogens is 3. The van der Waals surface area contributed by atoms with E-state index in [4.69, 9.17) is 4.74 Å². The van der Waals surface area contributed by atoms with Crippen molar-refractivity contribution in [3.63, 3.8) is 0 Å². The number of anilines is 1. The number of fused-ring (bicyclic) bond motifs is 1. The molecular weight excluding hydrogens is 517 g/mol. The maximum absolute atomic E-state index is 13.2. The Morgan fingerprint density at radius 1 is 0.900 bits per heavy atom. The molecule has 5 nitrogen and oxygen atoms in total. The lowest BCUT2D eigenvalue weighted by atomic mass is 9.98. The van der Waals surface area contributed by atoms with Crippen molar-refractivity contribution in [3.8, 4) is 11.1 Å². The zero-order chi connectivity index (χ0) is 28.1. The fourth-order valence-corrected chi connectivity index (χ4v) is 4.88. The molecule has 1 atom stereocenters. The maximum Gasteiger partial charge on any atom is 0.416 e. The van der Waals surface area contributed by atoms with Crippen LogP contribution in [-0.4, -0.2) is 35.2 Å². The van der Waals surface area contributed by atoms with Gasteiger partial charge in [0, 0.05) is 30.9 Å². The molecule has 206 valence electrons. The summed E-state index contributed by atoms with van der Waals surface area (Å²) in [5, 5.41) is 13.4. The van der Waals surface area contributed by atoms with E-state index in [2.05, 4.69) is 10.2 Å². The molecule has 1 unspecified atom stereocenters. The summed E-state index contributed by atoms with van der Waals surface area (Å²) in [5.74, 6) is -0.351. The van der Waals surface area contributed by atoms with Gasteiger partial charge in [0.2, 0.25) is 0 Å². The molecule has 1 aliphatic rings. The zero-order valence-corrected chi connectivity index (χ0v) is 21.7. The summed E-state index contributed by atoms with van der Waals surface area (Å²) >= 11 is 0. The second-order valence-electron chi connectivity index (χ2n) is 9.88. The molecule has 0 saturated carbocycles. The first-order chi connectivity index (χ1) is 19.3. The average Bonchev–Trinajstić information content (AvgIpc) is 3.34. The topological polar surface area (TPSA) is 61.8 Å². The van der Waals surface area contributed by atoms with E-state index in [1.165, 1.54) is 12.1 Å². The van der Waals surface area contributed by atoms with E-state index < -0.39 is 17.8 Å². The number of benzene rings is 4. The summed E-state index contributed by atoms with van der Waals surface area (Å²) in [5.41, 5.74) is 4.56. The van der Waals surface area contributed by atoms with Gasteiger partial charge in [0.25, 0.3) is 5.91 Å². The summed E-state index contributed by atoms with van der Waals surface area (Å²) < 4.78 is 44.6. The molecule has 8 heteroatoms. The Morgan fingerprint density at radius 3 is 2.35 bits per heavy atom. The van der Waals surface area contributed by atoms with Crippen molar-refractivity contribution < 1.29 is 27.8 Å². The van der Waals surface area contributed by atoms with Crippen molar-refractivity contribution in [1.82, 2.24) is 4.90 Å². The monoisotopic (exact) mass is 546 g/mol. The van der Waals surface area contributed by atoms with Crippen molar-refractivity contribution in [3.05, 3.63) is 125 Å². The third kappa shape index (κ3) is 6.77. The van der Waals surface area contributed by atoms with E-state index in [1.54, 1.807) is 24.3 Å². The van der Waals surface area contributed by atoms with Crippen LogP contribution in [0.4, 0.5) is 18.9 Å². The first-order valence-electron chi connectivity index (χ1n) is 13.0. The third-order valence-corrected chi connectivity index (χ3v) is 6.84. The molecule has 0 saturated heterocycles. The van der Waals surface area contributed by atoms with Crippen molar-refractivity contribution in [2.24, 2.45) is 0 Å². The molecule has 0 aliphatic carbocycles. The van der Waals surface area contributed by atoms with E-state index >= 15 is 0 Å². The summed E-state index contributed by atoms with van der Waals surface area (Å²) in [7, 11) is 0. The second kappa shape index (κ2) is 12.0. The summed E-state index contributed by atoms with van der Waals surface area (Å²) in [4.78, 5) is 15.3. The zero-order valence-electron chi connectivity index (χ0n) is 21.7. The molecule has 1 amide bonds. The fourth-order valence-electron chi connectivity index (χ4n) is 4.88. The number of aliphatic hydroxyl groups excluding tert-OH is 1. The van der Waals surface area contributed by atoms with Gasteiger partial charge in [0.1, 0.15) is 0 Å². The SMILES string of the molecule is O=C(Nc1ccc2c(c1)CN(CC(O)COCc1ccccc1)C2)c1ccccc1-c1ccc(C(F)(F)F)cc1. The number of aliphatic hydroxyl groups is 1. The number of ether oxygens (including phenoxy) is 1. The highest BCUT2D eigenvalue weighted by Gasteiger charge is 2.30. The van der Waals surface area contributed by atoms with Gasteiger partial charge in [0.15, 0.2) is 0 Å². The summed E-state index contributed by atoms with van der Waals surface area (Å²) in [6.07, 6.45) is -5.05. The molecule has 4 aromatic rings. The van der Waals surface area contributed by atoms with Crippen LogP contribution in [0, 0.1) is 0 Å². The minimum atomic E-state index is -4.42. The summed E-state index contributed by atoms with van der Waals surface area (Å²) in [6, 6.07) is 27.1. The lowest BCUT2D eigenvalue weighted by Gasteiger charge is -2.19. The molecule has 1 heterocycles. The third-order valence-electron chi connectivity index (χ3n) is 6.84. The minimum absolute atomic E-state index is 0.237. The van der Waals surface area contributed by atoms with Crippen LogP contribution >= 0.6 is 0 Å². The highest BCUT2D eigenvalue weighted by molar-refractivity contribution is 6.08. The number of hydrogen-bond donors (Lipinski definition) is 2. The lowest BCUT2D eigenvalue weighted by Crippen LogP contribution is -2.31. The van der Waals surface area contributed by atoms with Gasteiger partial charge < -0.3 is 15.2 Å². The van der Waals surface area contributed by atoms with Crippen molar-refractivity contribution in [1.29, 1.82) is 0 Å². The Labute approximate surface area is 230 Å². The van der Waals surface area contributed by atoms with E-state index in [0.29, 0.717) is 48.6 Å². The van der Waals surface area contributed by atoms with Gasteiger partial charge in [-0.05, 0) is 58.1 Å². The predicted molar refractivity (Wildman–Crippen MR) is 147 cm³/mol. The molecule has 0 aromatic heterocycles. The molecule has 40 heavy (non-hydrogen) atoms. The van der Waals surface area contributed by atoms with E-state index in [0.717, 1.165) is 28.8 Å². The Morgan fingerprint density at radius 2 is 1.60 bits per heavy atom. The summed E-state index contributed by atoms with van der Waals surface area (Å²) in [6.45, 7) is 2.48. The Hall–Kier alpha value is -3.98. The van der Waals surface area contributed by atoms with Crippen LogP contribution < -0.4 is 5.32 Å². The largest absolute Gasteiger partial charge is 0.416 e. The molecule has 1 aliphatic heterocycles. The number of nitrogens with one attached hydrogen (secondary N) is 1. The van der Waals surface area contributed by atoms with Crippen LogP contribution in [-0.2, 0) is 30.6 Å². The standard InChI is InChI=1S/C32H29F3N2O3/c33-32(34,35)26-13-10-23(11-14-26)29-8-4-5-9-30(29)31(39)36-27-15-12-24-17-37(18-25(24)16-27)19-28(38)21-40-20-22-6-2-1-3-7-22/h1-16,28,38H,17-21H2,(H,36,39). The van der Waals surface area contributed by atoms with Crippen LogP contribution in [0.1, 0.15) is 32.6 Å². The van der Waals surface area contributed by atoms with E-state index in [1.807, 2.05) is 48.5 Å². The van der Waals surface area contributed by atoms with Gasteiger partial charge in [-0.15, -0.1) is 0 Å². The number of alkyl halides is 3. The van der Waals surface area contributed by atoms with Crippen molar-refractivity contribution >= 4 is 11.6 Å². The van der Waals surface area contributed by atoms with Crippen LogP contribution in [0.15, 0.2) is 97.1 Å². The number of hydrogen-bond acceptors (Lipinski definition) is 4. The highest BCUT2D eigenvalue weighted by Crippen LogP contribution is 2.32. The number of amides is 1. The predicted octanol–water partition coefficient (Wildman–Crippen LogP) is 6.52. The van der Waals surface area contributed by atoms with Crippen LogP contribution in [0.5, 0.6) is 0 Å². The average molecular weight is 547 g/mol. The minimum Gasteiger partial charge on any atom is -0.389 e. The number of rotatable bonds is 9. The molecule has 5 rings (SSSR count). The van der Waals surface area contributed by atoms with Crippen LogP contribution in [0.2, 0.25) is 0 Å². The molecule has 2 N–H and O–H groups in total. The van der Waals surface area contributed by atoms with Crippen molar-refractivity contribution in [2.45, 2.75) is 32.0 Å². The van der Waals surface area contributed by atoms with Gasteiger partial charge in [-0.2, -0.15) is 13.2 Å². The molecule has 0 spiro atoms. The van der Waals surface area contributed by atoms with Gasteiger partial charge in [-0.3, -0.25) is 9.69 Å². The second-order valence-corrected chi connectivity index (χ2v) is 9.88. The number of carbonyl (C=O) groups excluding carboxylic acids is 1. The quantitative estimate of drug-likeness (QED) is 0.251. The normalized spacial score (nSPS) is 14.1. The van der Waals surface area contributed by atoms with Crippen molar-refractivity contribution in [2.75, 3.05) is 18.5 Å². The Balaban J connectivity index is 1.19.